The van der Waals surface area contributed by atoms with E-state index < -0.39 is 10.0 Å². The van der Waals surface area contributed by atoms with Crippen LogP contribution in [0.3, 0.4) is 0 Å². The lowest BCUT2D eigenvalue weighted by atomic mass is 10.1. The zero-order chi connectivity index (χ0) is 24.3. The Kier molecular flexibility index (Phi) is 7.50. The van der Waals surface area contributed by atoms with Crippen LogP contribution in [0.5, 0.6) is 0 Å². The normalized spacial score (nSPS) is 15.4. The second-order valence-corrected chi connectivity index (χ2v) is 11.4. The van der Waals surface area contributed by atoms with E-state index in [4.69, 9.17) is 9.97 Å². The van der Waals surface area contributed by atoms with Crippen LogP contribution in [0.2, 0.25) is 0 Å². The molecule has 34 heavy (non-hydrogen) atoms. The highest BCUT2D eigenvalue weighted by atomic mass is 32.2. The van der Waals surface area contributed by atoms with E-state index >= 15 is 0 Å². The predicted molar refractivity (Wildman–Crippen MR) is 140 cm³/mol. The fraction of sp³-hybridized carbons (Fsp3) is 0.462. The molecule has 0 amide bonds. The number of aromatic nitrogens is 2. The Morgan fingerprint density at radius 3 is 2.44 bits per heavy atom. The molecule has 1 aromatic heterocycles. The van der Waals surface area contributed by atoms with E-state index in [1.54, 1.807) is 4.31 Å². The number of hydrogen-bond acceptors (Lipinski definition) is 6. The van der Waals surface area contributed by atoms with Crippen LogP contribution >= 0.6 is 0 Å². The highest BCUT2D eigenvalue weighted by Crippen LogP contribution is 2.31. The number of rotatable bonds is 8. The summed E-state index contributed by atoms with van der Waals surface area (Å²) in [6.45, 7) is 7.08. The first-order chi connectivity index (χ1) is 16.3. The first-order valence-electron chi connectivity index (χ1n) is 12.0. The third kappa shape index (κ3) is 5.40. The molecule has 7 nitrogen and oxygen atoms in total. The number of hydrogen-bond donors (Lipinski definition) is 0. The second kappa shape index (κ2) is 10.4. The lowest BCUT2D eigenvalue weighted by molar-refractivity contribution is 0.383. The highest BCUT2D eigenvalue weighted by Gasteiger charge is 2.28. The van der Waals surface area contributed by atoms with Crippen LogP contribution < -0.4 is 4.90 Å². The molecule has 2 aromatic carbocycles. The topological polar surface area (TPSA) is 69.6 Å². The molecule has 1 aliphatic rings. The highest BCUT2D eigenvalue weighted by molar-refractivity contribution is 7.89. The molecule has 0 radical (unpaired) electrons. The van der Waals surface area contributed by atoms with E-state index in [0.29, 0.717) is 38.4 Å². The first kappa shape index (κ1) is 24.6. The minimum absolute atomic E-state index is 0.228. The molecule has 2 heterocycles. The van der Waals surface area contributed by atoms with E-state index in [2.05, 4.69) is 61.2 Å². The average Bonchev–Trinajstić information content (AvgIpc) is 2.82. The van der Waals surface area contributed by atoms with Gasteiger partial charge in [-0.3, -0.25) is 0 Å². The van der Waals surface area contributed by atoms with Gasteiger partial charge >= 0.3 is 0 Å². The summed E-state index contributed by atoms with van der Waals surface area (Å²) in [5, 5.41) is 1.00. The molecule has 8 heteroatoms. The molecule has 1 fully saturated rings. The van der Waals surface area contributed by atoms with Crippen LogP contribution in [0.1, 0.15) is 30.9 Å². The van der Waals surface area contributed by atoms with Gasteiger partial charge in [0.15, 0.2) is 5.82 Å². The number of fused-ring (bicyclic) bond motifs is 1. The molecule has 4 rings (SSSR count). The summed E-state index contributed by atoms with van der Waals surface area (Å²) >= 11 is 0. The molecular formula is C26H35N5O2S. The van der Waals surface area contributed by atoms with E-state index in [-0.39, 0.29) is 5.75 Å². The van der Waals surface area contributed by atoms with Crippen LogP contribution in [0, 0.1) is 6.92 Å². The number of aryl methyl sites for hydroxylation is 1. The van der Waals surface area contributed by atoms with Crippen molar-refractivity contribution in [3.63, 3.8) is 0 Å². The van der Waals surface area contributed by atoms with E-state index in [0.717, 1.165) is 40.8 Å². The lowest BCUT2D eigenvalue weighted by Gasteiger charge is -2.35. The van der Waals surface area contributed by atoms with Crippen molar-refractivity contribution < 1.29 is 8.42 Å². The zero-order valence-electron chi connectivity index (χ0n) is 20.7. The van der Waals surface area contributed by atoms with Crippen molar-refractivity contribution in [1.29, 1.82) is 0 Å². The van der Waals surface area contributed by atoms with Crippen molar-refractivity contribution >= 4 is 26.7 Å². The Labute approximate surface area is 203 Å². The maximum Gasteiger partial charge on any atom is 0.214 e. The van der Waals surface area contributed by atoms with Gasteiger partial charge in [0.05, 0.1) is 11.3 Å². The van der Waals surface area contributed by atoms with E-state index in [1.165, 1.54) is 5.56 Å². The largest absolute Gasteiger partial charge is 0.353 e. The smallest absolute Gasteiger partial charge is 0.214 e. The van der Waals surface area contributed by atoms with E-state index in [9.17, 15) is 8.42 Å². The van der Waals surface area contributed by atoms with Crippen molar-refractivity contribution in [3.05, 3.63) is 53.6 Å². The van der Waals surface area contributed by atoms with Crippen molar-refractivity contribution in [2.45, 2.75) is 33.2 Å². The molecule has 0 atom stereocenters. The minimum Gasteiger partial charge on any atom is -0.353 e. The Bertz CT molecular complexity index is 1250. The second-order valence-electron chi connectivity index (χ2n) is 9.34. The maximum atomic E-state index is 12.7. The minimum atomic E-state index is -3.20. The fourth-order valence-corrected chi connectivity index (χ4v) is 6.07. The van der Waals surface area contributed by atoms with E-state index in [1.807, 2.05) is 19.1 Å². The Morgan fingerprint density at radius 1 is 1.00 bits per heavy atom. The van der Waals surface area contributed by atoms with Gasteiger partial charge in [-0.05, 0) is 50.7 Å². The molecule has 182 valence electrons. The van der Waals surface area contributed by atoms with Gasteiger partial charge in [-0.15, -0.1) is 0 Å². The molecule has 0 N–H and O–H groups in total. The Balaban J connectivity index is 1.70. The molecule has 0 bridgehead atoms. The van der Waals surface area contributed by atoms with Crippen molar-refractivity contribution in [2.75, 3.05) is 50.9 Å². The summed E-state index contributed by atoms with van der Waals surface area (Å²) in [5.41, 5.74) is 4.27. The predicted octanol–water partition coefficient (Wildman–Crippen LogP) is 3.92. The fourth-order valence-electron chi connectivity index (χ4n) is 4.44. The third-order valence-electron chi connectivity index (χ3n) is 6.26. The lowest BCUT2D eigenvalue weighted by Crippen LogP contribution is -2.49. The third-order valence-corrected chi connectivity index (χ3v) is 8.22. The molecular weight excluding hydrogens is 446 g/mol. The van der Waals surface area contributed by atoms with Gasteiger partial charge < -0.3 is 9.80 Å². The zero-order valence-corrected chi connectivity index (χ0v) is 21.5. The summed E-state index contributed by atoms with van der Waals surface area (Å²) in [6.07, 6.45) is 1.58. The SMILES string of the molecule is CCCCS(=O)(=O)N1CCN(c2nc(-c3ccccc3CN(C)C)nc3cc(C)ccc23)CC1. The van der Waals surface area contributed by atoms with Gasteiger partial charge in [0.2, 0.25) is 10.0 Å². The average molecular weight is 482 g/mol. The number of anilines is 1. The molecule has 0 unspecified atom stereocenters. The van der Waals surface area contributed by atoms with Crippen molar-refractivity contribution in [2.24, 2.45) is 0 Å². The summed E-state index contributed by atoms with van der Waals surface area (Å²) in [6, 6.07) is 14.5. The Morgan fingerprint density at radius 2 is 1.74 bits per heavy atom. The summed E-state index contributed by atoms with van der Waals surface area (Å²) in [5.74, 6) is 1.82. The Hall–Kier alpha value is -2.55. The molecule has 1 saturated heterocycles. The molecule has 0 aliphatic carbocycles. The van der Waals surface area contributed by atoms with Gasteiger partial charge in [0.1, 0.15) is 5.82 Å². The quantitative estimate of drug-likeness (QED) is 0.486. The maximum absolute atomic E-state index is 12.7. The summed E-state index contributed by atoms with van der Waals surface area (Å²) < 4.78 is 27.0. The number of nitrogens with zero attached hydrogens (tertiary/aromatic N) is 5. The standard InChI is InChI=1S/C26H35N5O2S/c1-5-6-17-34(32,33)31-15-13-30(14-16-31)26-23-12-11-20(2)18-24(23)27-25(28-26)22-10-8-7-9-21(22)19-29(3)4/h7-12,18H,5-6,13-17,19H2,1-4H3. The van der Waals surface area contributed by atoms with Gasteiger partial charge in [-0.2, -0.15) is 4.31 Å². The van der Waals surface area contributed by atoms with Gasteiger partial charge in [0.25, 0.3) is 0 Å². The monoisotopic (exact) mass is 481 g/mol. The van der Waals surface area contributed by atoms with Gasteiger partial charge in [-0.25, -0.2) is 18.4 Å². The van der Waals surface area contributed by atoms with Crippen LogP contribution in [0.15, 0.2) is 42.5 Å². The molecule has 1 aliphatic heterocycles. The number of unbranched alkanes of at least 4 members (excludes halogenated alkanes) is 1. The van der Waals surface area contributed by atoms with Gasteiger partial charge in [-0.1, -0.05) is 43.7 Å². The number of piperazine rings is 1. The molecule has 3 aromatic rings. The van der Waals surface area contributed by atoms with Crippen LogP contribution in [-0.4, -0.2) is 73.6 Å². The summed E-state index contributed by atoms with van der Waals surface area (Å²) in [7, 11) is 0.915. The van der Waals surface area contributed by atoms with Gasteiger partial charge in [0, 0.05) is 43.7 Å². The summed E-state index contributed by atoms with van der Waals surface area (Å²) in [4.78, 5) is 14.4. The molecule has 0 spiro atoms. The van der Waals surface area contributed by atoms with Crippen LogP contribution in [0.25, 0.3) is 22.3 Å². The van der Waals surface area contributed by atoms with Crippen molar-refractivity contribution in [1.82, 2.24) is 19.2 Å². The van der Waals surface area contributed by atoms with Crippen molar-refractivity contribution in [3.8, 4) is 11.4 Å². The van der Waals surface area contributed by atoms with Crippen LogP contribution in [-0.2, 0) is 16.6 Å². The number of sulfonamides is 1. The number of benzene rings is 2. The van der Waals surface area contributed by atoms with Crippen LogP contribution in [0.4, 0.5) is 5.82 Å². The molecule has 0 saturated carbocycles. The first-order valence-corrected chi connectivity index (χ1v) is 13.6.